The fourth-order valence-corrected chi connectivity index (χ4v) is 2.30. The van der Waals surface area contributed by atoms with Crippen LogP contribution in [0.4, 0.5) is 0 Å². The van der Waals surface area contributed by atoms with Gasteiger partial charge in [0.1, 0.15) is 17.6 Å². The first-order chi connectivity index (χ1) is 8.24. The minimum Gasteiger partial charge on any atom is -0.497 e. The van der Waals surface area contributed by atoms with Gasteiger partial charge in [-0.1, -0.05) is 19.8 Å². The molecule has 0 saturated heterocycles. The molecule has 0 aromatic heterocycles. The van der Waals surface area contributed by atoms with Crippen LogP contribution in [0.1, 0.15) is 44.2 Å². The Bertz CT molecular complexity index is 378. The third kappa shape index (κ3) is 2.72. The van der Waals surface area contributed by atoms with E-state index in [-0.39, 0.29) is 12.1 Å². The summed E-state index contributed by atoms with van der Waals surface area (Å²) < 4.78 is 11.2. The number of benzene rings is 1. The Morgan fingerprint density at radius 2 is 2.29 bits per heavy atom. The highest BCUT2D eigenvalue weighted by Crippen LogP contribution is 2.36. The van der Waals surface area contributed by atoms with Gasteiger partial charge in [0.15, 0.2) is 0 Å². The molecule has 0 saturated carbocycles. The molecule has 3 nitrogen and oxygen atoms in total. The largest absolute Gasteiger partial charge is 0.497 e. The molecular formula is C14H21NO2. The highest BCUT2D eigenvalue weighted by atomic mass is 16.5. The van der Waals surface area contributed by atoms with E-state index in [0.29, 0.717) is 0 Å². The summed E-state index contributed by atoms with van der Waals surface area (Å²) in [5.41, 5.74) is 7.26. The van der Waals surface area contributed by atoms with Crippen LogP contribution in [-0.2, 0) is 0 Å². The van der Waals surface area contributed by atoms with Gasteiger partial charge >= 0.3 is 0 Å². The Kier molecular flexibility index (Phi) is 3.89. The van der Waals surface area contributed by atoms with E-state index >= 15 is 0 Å². The summed E-state index contributed by atoms with van der Waals surface area (Å²) in [5, 5.41) is 0. The SMILES string of the molecule is CCCCC1C[C@H](N)c2cc(OC)ccc2O1. The van der Waals surface area contributed by atoms with Gasteiger partial charge in [0.05, 0.1) is 7.11 Å². The summed E-state index contributed by atoms with van der Waals surface area (Å²) >= 11 is 0. The molecule has 17 heavy (non-hydrogen) atoms. The smallest absolute Gasteiger partial charge is 0.124 e. The minimum absolute atomic E-state index is 0.0655. The molecule has 0 spiro atoms. The summed E-state index contributed by atoms with van der Waals surface area (Å²) in [7, 11) is 1.67. The second kappa shape index (κ2) is 5.41. The number of nitrogens with two attached hydrogens (primary N) is 1. The standard InChI is InChI=1S/C14H21NO2/c1-3-4-5-11-9-13(15)12-8-10(16-2)6-7-14(12)17-11/h6-8,11,13H,3-5,9,15H2,1-2H3/t11?,13-/m0/s1. The fourth-order valence-electron chi connectivity index (χ4n) is 2.30. The molecule has 0 aliphatic carbocycles. The summed E-state index contributed by atoms with van der Waals surface area (Å²) in [4.78, 5) is 0. The highest BCUT2D eigenvalue weighted by molar-refractivity contribution is 5.43. The van der Waals surface area contributed by atoms with Crippen LogP contribution in [0.3, 0.4) is 0 Å². The lowest BCUT2D eigenvalue weighted by atomic mass is 9.94. The molecule has 2 rings (SSSR count). The maximum Gasteiger partial charge on any atom is 0.124 e. The number of fused-ring (bicyclic) bond motifs is 1. The Morgan fingerprint density at radius 3 is 3.00 bits per heavy atom. The molecule has 0 radical (unpaired) electrons. The zero-order chi connectivity index (χ0) is 12.3. The quantitative estimate of drug-likeness (QED) is 0.872. The normalized spacial score (nSPS) is 22.8. The van der Waals surface area contributed by atoms with Crippen LogP contribution in [0.15, 0.2) is 18.2 Å². The minimum atomic E-state index is 0.0655. The maximum absolute atomic E-state index is 6.20. The molecule has 1 aliphatic rings. The predicted octanol–water partition coefficient (Wildman–Crippen LogP) is 3.04. The number of ether oxygens (including phenoxy) is 2. The van der Waals surface area contributed by atoms with Crippen molar-refractivity contribution < 1.29 is 9.47 Å². The van der Waals surface area contributed by atoms with Gasteiger partial charge in [0, 0.05) is 18.0 Å². The molecule has 94 valence electrons. The summed E-state index contributed by atoms with van der Waals surface area (Å²) in [6.07, 6.45) is 4.66. The van der Waals surface area contributed by atoms with Gasteiger partial charge in [-0.2, -0.15) is 0 Å². The zero-order valence-corrected chi connectivity index (χ0v) is 10.6. The maximum atomic E-state index is 6.20. The van der Waals surface area contributed by atoms with E-state index in [9.17, 15) is 0 Å². The van der Waals surface area contributed by atoms with Crippen molar-refractivity contribution in [1.82, 2.24) is 0 Å². The van der Waals surface area contributed by atoms with Crippen molar-refractivity contribution in [3.8, 4) is 11.5 Å². The van der Waals surface area contributed by atoms with Gasteiger partial charge in [0.2, 0.25) is 0 Å². The van der Waals surface area contributed by atoms with E-state index in [2.05, 4.69) is 6.92 Å². The molecule has 1 aliphatic heterocycles. The van der Waals surface area contributed by atoms with E-state index in [0.717, 1.165) is 29.9 Å². The molecular weight excluding hydrogens is 214 g/mol. The number of methoxy groups -OCH3 is 1. The van der Waals surface area contributed by atoms with E-state index in [1.807, 2.05) is 18.2 Å². The van der Waals surface area contributed by atoms with Gasteiger partial charge in [-0.15, -0.1) is 0 Å². The lowest BCUT2D eigenvalue weighted by Crippen LogP contribution is -2.29. The molecule has 3 heteroatoms. The lowest BCUT2D eigenvalue weighted by molar-refractivity contribution is 0.147. The summed E-state index contributed by atoms with van der Waals surface area (Å²) in [6, 6.07) is 5.94. The van der Waals surface area contributed by atoms with Gasteiger partial charge in [0.25, 0.3) is 0 Å². The average molecular weight is 235 g/mol. The Balaban J connectivity index is 2.14. The summed E-state index contributed by atoms with van der Waals surface area (Å²) in [5.74, 6) is 1.76. The molecule has 2 N–H and O–H groups in total. The third-order valence-corrected chi connectivity index (χ3v) is 3.31. The number of rotatable bonds is 4. The second-order valence-electron chi connectivity index (χ2n) is 4.63. The van der Waals surface area contributed by atoms with Gasteiger partial charge < -0.3 is 15.2 Å². The van der Waals surface area contributed by atoms with Crippen LogP contribution in [0.2, 0.25) is 0 Å². The van der Waals surface area contributed by atoms with Crippen molar-refractivity contribution in [1.29, 1.82) is 0 Å². The van der Waals surface area contributed by atoms with Crippen LogP contribution in [0.25, 0.3) is 0 Å². The number of unbranched alkanes of at least 4 members (excludes halogenated alkanes) is 1. The van der Waals surface area contributed by atoms with Crippen molar-refractivity contribution in [3.05, 3.63) is 23.8 Å². The molecule has 1 heterocycles. The van der Waals surface area contributed by atoms with Gasteiger partial charge in [-0.05, 0) is 24.6 Å². The Morgan fingerprint density at radius 1 is 1.47 bits per heavy atom. The molecule has 0 fully saturated rings. The van der Waals surface area contributed by atoms with Crippen LogP contribution in [0.5, 0.6) is 11.5 Å². The number of hydrogen-bond donors (Lipinski definition) is 1. The third-order valence-electron chi connectivity index (χ3n) is 3.31. The molecule has 0 amide bonds. The van der Waals surface area contributed by atoms with E-state index < -0.39 is 0 Å². The van der Waals surface area contributed by atoms with Gasteiger partial charge in [-0.25, -0.2) is 0 Å². The van der Waals surface area contributed by atoms with Crippen LogP contribution >= 0.6 is 0 Å². The molecule has 0 bridgehead atoms. The Labute approximate surface area is 103 Å². The van der Waals surface area contributed by atoms with Crippen molar-refractivity contribution in [2.75, 3.05) is 7.11 Å². The van der Waals surface area contributed by atoms with Crippen LogP contribution < -0.4 is 15.2 Å². The van der Waals surface area contributed by atoms with E-state index in [4.69, 9.17) is 15.2 Å². The summed E-state index contributed by atoms with van der Waals surface area (Å²) in [6.45, 7) is 2.20. The van der Waals surface area contributed by atoms with Crippen molar-refractivity contribution >= 4 is 0 Å². The molecule has 1 aromatic rings. The predicted molar refractivity (Wildman–Crippen MR) is 68.5 cm³/mol. The lowest BCUT2D eigenvalue weighted by Gasteiger charge is -2.30. The molecule has 1 unspecified atom stereocenters. The first-order valence-corrected chi connectivity index (χ1v) is 6.34. The van der Waals surface area contributed by atoms with Gasteiger partial charge in [-0.3, -0.25) is 0 Å². The first-order valence-electron chi connectivity index (χ1n) is 6.34. The van der Waals surface area contributed by atoms with Crippen molar-refractivity contribution in [2.45, 2.75) is 44.8 Å². The van der Waals surface area contributed by atoms with E-state index in [1.54, 1.807) is 7.11 Å². The molecule has 1 aromatic carbocycles. The van der Waals surface area contributed by atoms with E-state index in [1.165, 1.54) is 12.8 Å². The van der Waals surface area contributed by atoms with Crippen LogP contribution in [-0.4, -0.2) is 13.2 Å². The average Bonchev–Trinajstić information content (AvgIpc) is 2.36. The molecule has 2 atom stereocenters. The Hall–Kier alpha value is -1.22. The topological polar surface area (TPSA) is 44.5 Å². The highest BCUT2D eigenvalue weighted by Gasteiger charge is 2.25. The monoisotopic (exact) mass is 235 g/mol. The van der Waals surface area contributed by atoms with Crippen LogP contribution in [0, 0.1) is 0 Å². The zero-order valence-electron chi connectivity index (χ0n) is 10.6. The van der Waals surface area contributed by atoms with Crippen molar-refractivity contribution in [3.63, 3.8) is 0 Å². The van der Waals surface area contributed by atoms with Crippen molar-refractivity contribution in [2.24, 2.45) is 5.73 Å². The fraction of sp³-hybridized carbons (Fsp3) is 0.571. The second-order valence-corrected chi connectivity index (χ2v) is 4.63. The number of hydrogen-bond acceptors (Lipinski definition) is 3. The first kappa shape index (κ1) is 12.2.